The molecule has 8 rings (SSSR count). The van der Waals surface area contributed by atoms with E-state index in [1.807, 2.05) is 65.8 Å². The van der Waals surface area contributed by atoms with Crippen molar-refractivity contribution in [3.05, 3.63) is 106 Å². The lowest BCUT2D eigenvalue weighted by Crippen LogP contribution is -2.56. The lowest BCUT2D eigenvalue weighted by Gasteiger charge is -2.50. The number of allylic oxidation sites excluding steroid dienone is 4. The minimum Gasteiger partial charge on any atom is -0.507 e. The number of amides is 1. The first-order valence-electron chi connectivity index (χ1n) is 22.5. The van der Waals surface area contributed by atoms with Crippen LogP contribution in [0.3, 0.4) is 0 Å². The minimum atomic E-state index is -2.04. The molecule has 9 atom stereocenters. The zero-order valence-electron chi connectivity index (χ0n) is 39.2. The molecule has 1 aliphatic carbocycles. The van der Waals surface area contributed by atoms with Crippen molar-refractivity contribution in [3.63, 3.8) is 0 Å². The van der Waals surface area contributed by atoms with Gasteiger partial charge in [-0.25, -0.2) is 0 Å². The molecule has 7 bridgehead atoms. The molecule has 14 nitrogen and oxygen atoms in total. The van der Waals surface area contributed by atoms with Crippen LogP contribution < -0.4 is 10.1 Å². The van der Waals surface area contributed by atoms with E-state index < -0.39 is 76.3 Å². The first-order chi connectivity index (χ1) is 30.7. The summed E-state index contributed by atoms with van der Waals surface area (Å²) in [4.78, 5) is 73.2. The second-order valence-electron chi connectivity index (χ2n) is 18.8. The van der Waals surface area contributed by atoms with Crippen LogP contribution in [0.5, 0.6) is 11.5 Å². The Kier molecular flexibility index (Phi) is 13.4. The van der Waals surface area contributed by atoms with Crippen molar-refractivity contribution < 1.29 is 57.5 Å². The summed E-state index contributed by atoms with van der Waals surface area (Å²) in [5.41, 5.74) is 0.150. The molecule has 1 amide bonds. The number of hydrogen-bond acceptors (Lipinski definition) is 13. The fourth-order valence-electron chi connectivity index (χ4n) is 10.2. The number of likely N-dealkylation sites (tertiary alicyclic amines) is 1. The molecule has 348 valence electrons. The number of fused-ring (bicyclic) bond motifs is 10. The van der Waals surface area contributed by atoms with Gasteiger partial charge in [0.05, 0.1) is 41.3 Å². The molecule has 2 N–H and O–H groups in total. The summed E-state index contributed by atoms with van der Waals surface area (Å²) >= 11 is 0. The Balaban J connectivity index is 1.34. The van der Waals surface area contributed by atoms with E-state index in [4.69, 9.17) is 28.4 Å². The van der Waals surface area contributed by atoms with Gasteiger partial charge in [0, 0.05) is 68.9 Å². The van der Waals surface area contributed by atoms with Gasteiger partial charge in [0.15, 0.2) is 5.79 Å². The Morgan fingerprint density at radius 2 is 1.52 bits per heavy atom. The summed E-state index contributed by atoms with van der Waals surface area (Å²) in [5.74, 6) is -8.14. The number of rotatable bonds is 4. The molecule has 2 saturated heterocycles. The van der Waals surface area contributed by atoms with Crippen LogP contribution in [-0.2, 0) is 33.3 Å². The molecule has 2 fully saturated rings. The third kappa shape index (κ3) is 8.92. The number of phenolic OH excluding ortho intramolecular Hbond substituents is 1. The van der Waals surface area contributed by atoms with Crippen LogP contribution in [0.15, 0.2) is 77.9 Å². The minimum absolute atomic E-state index is 0.0404. The van der Waals surface area contributed by atoms with Crippen LogP contribution in [-0.4, -0.2) is 95.4 Å². The van der Waals surface area contributed by atoms with Crippen LogP contribution in [0.25, 0.3) is 0 Å². The molecular formula is C51H62N2O12. The van der Waals surface area contributed by atoms with E-state index in [1.54, 1.807) is 30.1 Å². The summed E-state index contributed by atoms with van der Waals surface area (Å²) in [7, 11) is 1.51. The molecule has 5 aliphatic heterocycles. The Hall–Kier alpha value is -5.57. The highest BCUT2D eigenvalue weighted by atomic mass is 16.7. The van der Waals surface area contributed by atoms with Crippen molar-refractivity contribution in [2.75, 3.05) is 20.2 Å². The Morgan fingerprint density at radius 1 is 0.862 bits per heavy atom. The Morgan fingerprint density at radius 3 is 2.17 bits per heavy atom. The average Bonchev–Trinajstić information content (AvgIpc) is 3.53. The van der Waals surface area contributed by atoms with E-state index in [0.29, 0.717) is 25.9 Å². The number of phenols is 1. The van der Waals surface area contributed by atoms with Gasteiger partial charge in [0.2, 0.25) is 11.6 Å². The number of ketones is 3. The van der Waals surface area contributed by atoms with E-state index in [-0.39, 0.29) is 69.2 Å². The quantitative estimate of drug-likeness (QED) is 0.287. The predicted octanol–water partition coefficient (Wildman–Crippen LogP) is 7.64. The van der Waals surface area contributed by atoms with Crippen molar-refractivity contribution in [2.24, 2.45) is 23.7 Å². The van der Waals surface area contributed by atoms with Gasteiger partial charge in [-0.2, -0.15) is 0 Å². The van der Waals surface area contributed by atoms with Gasteiger partial charge in [-0.15, -0.1) is 0 Å². The maximum atomic E-state index is 15.1. The number of benzene rings is 2. The number of nitrogens with zero attached hydrogens (tertiary/aromatic N) is 1. The van der Waals surface area contributed by atoms with Gasteiger partial charge >= 0.3 is 11.8 Å². The molecule has 0 saturated carbocycles. The first-order valence-corrected chi connectivity index (χ1v) is 22.5. The molecule has 5 heterocycles. The number of aromatic hydroxyl groups is 1. The SMILES string of the molecule is COC1C=COC2(C)Oc3c(C)c(O)c4c(c3C2=O)C(=O)C(N2CCC(c3ccccc3)CC2)=C(NC(=O)C(C)=CC=CC(C)C2OC(C)(C)OC(C2C)C(C)C(OC(C)=O)C1C)C4=O. The summed E-state index contributed by atoms with van der Waals surface area (Å²) in [6.45, 7) is 18.1. The van der Waals surface area contributed by atoms with Crippen molar-refractivity contribution in [1.82, 2.24) is 10.2 Å². The van der Waals surface area contributed by atoms with E-state index in [0.717, 1.165) is 5.56 Å². The Bertz CT molecular complexity index is 2370. The fourth-order valence-corrected chi connectivity index (χ4v) is 10.2. The summed E-state index contributed by atoms with van der Waals surface area (Å²) in [6, 6.07) is 10.0. The van der Waals surface area contributed by atoms with Crippen LogP contribution in [0, 0.1) is 30.6 Å². The molecular weight excluding hydrogens is 833 g/mol. The number of methoxy groups -OCH3 is 1. The number of carbonyl (C=O) groups is 5. The molecule has 2 aromatic carbocycles. The Labute approximate surface area is 381 Å². The third-order valence-electron chi connectivity index (χ3n) is 13.8. The summed E-state index contributed by atoms with van der Waals surface area (Å²) in [6.07, 6.45) is 7.24. The number of piperidine rings is 1. The van der Waals surface area contributed by atoms with Gasteiger partial charge < -0.3 is 43.7 Å². The summed E-state index contributed by atoms with van der Waals surface area (Å²) in [5, 5.41) is 14.5. The van der Waals surface area contributed by atoms with Crippen LogP contribution in [0.1, 0.15) is 123 Å². The zero-order valence-corrected chi connectivity index (χ0v) is 39.2. The number of esters is 1. The van der Waals surface area contributed by atoms with E-state index in [9.17, 15) is 24.3 Å². The molecule has 0 aromatic heterocycles. The van der Waals surface area contributed by atoms with Crippen molar-refractivity contribution >= 4 is 29.2 Å². The number of ether oxygens (including phenoxy) is 6. The van der Waals surface area contributed by atoms with Crippen LogP contribution in [0.2, 0.25) is 0 Å². The third-order valence-corrected chi connectivity index (χ3v) is 13.8. The number of carbonyl (C=O) groups excluding carboxylic acids is 5. The average molecular weight is 895 g/mol. The van der Waals surface area contributed by atoms with Crippen LogP contribution >= 0.6 is 0 Å². The van der Waals surface area contributed by atoms with Gasteiger partial charge in [-0.1, -0.05) is 76.3 Å². The molecule has 2 aromatic rings. The zero-order chi connectivity index (χ0) is 47.3. The monoisotopic (exact) mass is 894 g/mol. The van der Waals surface area contributed by atoms with Gasteiger partial charge in [-0.05, 0) is 58.1 Å². The molecule has 0 radical (unpaired) electrons. The van der Waals surface area contributed by atoms with E-state index in [1.165, 1.54) is 34.1 Å². The van der Waals surface area contributed by atoms with Crippen LogP contribution in [0.4, 0.5) is 0 Å². The smallest absolute Gasteiger partial charge is 0.312 e. The highest BCUT2D eigenvalue weighted by molar-refractivity contribution is 6.32. The lowest BCUT2D eigenvalue weighted by molar-refractivity contribution is -0.336. The van der Waals surface area contributed by atoms with Crippen molar-refractivity contribution in [2.45, 2.75) is 124 Å². The standard InChI is InChI=1S/C51H62N2O12/c1-26-16-15-17-27(2)49(59)52-39-40(53-23-20-34(21-24-53)33-18-13-12-14-19-33)43(57)36-37(42(39)56)41(55)29(4)47-38(36)48(58)51(10,65-47)61-25-22-35(60-11)28(3)45(62-32(7)54)31(6)46-30(5)44(26)63-50(8,9)64-46/h12-19,22,25-26,28,30-31,34-35,44-46,55H,20-21,23-24H2,1-11H3,(H,52,59). The number of nitrogens with one attached hydrogen (secondary N) is 1. The highest BCUT2D eigenvalue weighted by Gasteiger charge is 2.54. The highest BCUT2D eigenvalue weighted by Crippen LogP contribution is 2.49. The van der Waals surface area contributed by atoms with Gasteiger partial charge in [0.25, 0.3) is 11.7 Å². The second kappa shape index (κ2) is 18.4. The predicted molar refractivity (Wildman–Crippen MR) is 240 cm³/mol. The van der Waals surface area contributed by atoms with Crippen molar-refractivity contribution in [1.29, 1.82) is 0 Å². The molecule has 6 aliphatic rings. The molecule has 0 spiro atoms. The number of hydrogen-bond donors (Lipinski definition) is 2. The number of Topliss-reactive ketones (excluding diaryl/α,β-unsaturated/α-hetero) is 3. The lowest BCUT2D eigenvalue weighted by atomic mass is 9.77. The van der Waals surface area contributed by atoms with E-state index in [2.05, 4.69) is 17.4 Å². The topological polar surface area (TPSA) is 176 Å². The first kappa shape index (κ1) is 47.4. The summed E-state index contributed by atoms with van der Waals surface area (Å²) < 4.78 is 37.4. The largest absolute Gasteiger partial charge is 0.507 e. The second-order valence-corrected chi connectivity index (χ2v) is 18.8. The molecule has 14 heteroatoms. The fraction of sp³-hybridized carbons (Fsp3) is 0.510. The van der Waals surface area contributed by atoms with Gasteiger partial charge in [0.1, 0.15) is 29.0 Å². The maximum Gasteiger partial charge on any atom is 0.312 e. The molecule has 65 heavy (non-hydrogen) atoms. The van der Waals surface area contributed by atoms with Gasteiger partial charge in [-0.3, -0.25) is 24.0 Å². The normalized spacial score (nSPS) is 31.0. The van der Waals surface area contributed by atoms with E-state index >= 15 is 4.79 Å². The maximum absolute atomic E-state index is 15.1. The molecule has 9 unspecified atom stereocenters. The van der Waals surface area contributed by atoms with Crippen molar-refractivity contribution in [3.8, 4) is 11.5 Å².